The summed E-state index contributed by atoms with van der Waals surface area (Å²) in [4.78, 5) is 2.27. The molecule has 1 heterocycles. The lowest BCUT2D eigenvalue weighted by atomic mass is 10.0. The third-order valence-electron chi connectivity index (χ3n) is 3.60. The molecule has 4 heteroatoms. The highest BCUT2D eigenvalue weighted by Crippen LogP contribution is 2.29. The Labute approximate surface area is 114 Å². The molecule has 0 aliphatic carbocycles. The first-order valence-electron chi connectivity index (χ1n) is 7.03. The van der Waals surface area contributed by atoms with E-state index in [1.807, 2.05) is 19.9 Å². The number of benzene rings is 1. The number of hydrogen-bond acceptors (Lipinski definition) is 3. The predicted molar refractivity (Wildman–Crippen MR) is 75.9 cm³/mol. The smallest absolute Gasteiger partial charge is 0.123 e. The molecule has 0 spiro atoms. The number of piperidine rings is 1. The van der Waals surface area contributed by atoms with Gasteiger partial charge in [0.2, 0.25) is 0 Å². The van der Waals surface area contributed by atoms with Crippen LogP contribution in [0.4, 0.5) is 10.1 Å². The van der Waals surface area contributed by atoms with Gasteiger partial charge in [0.15, 0.2) is 0 Å². The van der Waals surface area contributed by atoms with E-state index in [0.29, 0.717) is 0 Å². The first kappa shape index (κ1) is 14.3. The average molecular weight is 266 g/mol. The minimum Gasteiger partial charge on any atom is -0.377 e. The zero-order chi connectivity index (χ0) is 13.8. The number of hydrogen-bond donors (Lipinski definition) is 1. The lowest BCUT2D eigenvalue weighted by Gasteiger charge is -2.35. The lowest BCUT2D eigenvalue weighted by molar-refractivity contribution is 0.0526. The van der Waals surface area contributed by atoms with E-state index >= 15 is 0 Å². The molecule has 0 amide bonds. The minimum absolute atomic E-state index is 0.168. The molecule has 2 atom stereocenters. The summed E-state index contributed by atoms with van der Waals surface area (Å²) in [6, 6.07) is 4.72. The fourth-order valence-corrected chi connectivity index (χ4v) is 2.71. The van der Waals surface area contributed by atoms with Crippen molar-refractivity contribution >= 4 is 5.69 Å². The van der Waals surface area contributed by atoms with Crippen molar-refractivity contribution in [3.05, 3.63) is 29.6 Å². The van der Waals surface area contributed by atoms with Crippen LogP contribution in [0.1, 0.15) is 38.3 Å². The van der Waals surface area contributed by atoms with Crippen LogP contribution in [0.2, 0.25) is 0 Å². The van der Waals surface area contributed by atoms with Crippen molar-refractivity contribution in [1.82, 2.24) is 0 Å². The Hall–Kier alpha value is -1.13. The number of anilines is 1. The lowest BCUT2D eigenvalue weighted by Crippen LogP contribution is -2.40. The minimum atomic E-state index is -0.227. The molecule has 1 saturated heterocycles. The number of nitrogens with two attached hydrogens (primary N) is 1. The monoisotopic (exact) mass is 266 g/mol. The fraction of sp³-hybridized carbons (Fsp3) is 0.600. The molecule has 1 aliphatic rings. The summed E-state index contributed by atoms with van der Waals surface area (Å²) in [6.45, 7) is 6.49. The third-order valence-corrected chi connectivity index (χ3v) is 3.60. The summed E-state index contributed by atoms with van der Waals surface area (Å²) in [5.74, 6) is -0.227. The summed E-state index contributed by atoms with van der Waals surface area (Å²) >= 11 is 0. The van der Waals surface area contributed by atoms with Crippen LogP contribution >= 0.6 is 0 Å². The van der Waals surface area contributed by atoms with Gasteiger partial charge in [0, 0.05) is 31.4 Å². The van der Waals surface area contributed by atoms with E-state index in [1.165, 1.54) is 6.07 Å². The van der Waals surface area contributed by atoms with Gasteiger partial charge in [-0.2, -0.15) is 0 Å². The van der Waals surface area contributed by atoms with Crippen molar-refractivity contribution in [2.75, 3.05) is 24.6 Å². The van der Waals surface area contributed by atoms with Crippen molar-refractivity contribution < 1.29 is 9.13 Å². The number of rotatable bonds is 4. The Kier molecular flexibility index (Phi) is 4.77. The molecule has 1 aromatic rings. The van der Waals surface area contributed by atoms with Gasteiger partial charge in [0.25, 0.3) is 0 Å². The van der Waals surface area contributed by atoms with Crippen LogP contribution in [0.15, 0.2) is 18.2 Å². The highest BCUT2D eigenvalue weighted by molar-refractivity contribution is 5.55. The quantitative estimate of drug-likeness (QED) is 0.910. The van der Waals surface area contributed by atoms with Gasteiger partial charge in [-0.05, 0) is 50.5 Å². The predicted octanol–water partition coefficient (Wildman–Crippen LogP) is 2.85. The maximum absolute atomic E-state index is 13.4. The van der Waals surface area contributed by atoms with Crippen LogP contribution in [0.25, 0.3) is 0 Å². The van der Waals surface area contributed by atoms with Gasteiger partial charge < -0.3 is 15.4 Å². The van der Waals surface area contributed by atoms with Gasteiger partial charge in [0.05, 0.1) is 6.10 Å². The summed E-state index contributed by atoms with van der Waals surface area (Å²) in [6.07, 6.45) is 2.46. The molecule has 1 aliphatic heterocycles. The van der Waals surface area contributed by atoms with Crippen LogP contribution in [0.3, 0.4) is 0 Å². The summed E-state index contributed by atoms with van der Waals surface area (Å²) in [5.41, 5.74) is 7.87. The molecule has 0 bridgehead atoms. The molecule has 0 saturated carbocycles. The standard InChI is InChI=1S/C15H23FN2O/c1-3-19-13-5-4-8-18(10-13)15-7-6-12(16)9-14(15)11(2)17/h6-7,9,11,13H,3-5,8,10,17H2,1-2H3/t11-,13?/m1/s1. The van der Waals surface area contributed by atoms with Crippen LogP contribution in [0, 0.1) is 5.82 Å². The van der Waals surface area contributed by atoms with E-state index in [-0.39, 0.29) is 18.0 Å². The van der Waals surface area contributed by atoms with E-state index in [1.54, 1.807) is 6.07 Å². The first-order chi connectivity index (χ1) is 9.11. The van der Waals surface area contributed by atoms with E-state index in [2.05, 4.69) is 4.90 Å². The fourth-order valence-electron chi connectivity index (χ4n) is 2.71. The molecule has 19 heavy (non-hydrogen) atoms. The van der Waals surface area contributed by atoms with Gasteiger partial charge in [0.1, 0.15) is 5.82 Å². The number of halogens is 1. The molecule has 2 rings (SSSR count). The topological polar surface area (TPSA) is 38.5 Å². The zero-order valence-corrected chi connectivity index (χ0v) is 11.7. The third kappa shape index (κ3) is 3.45. The van der Waals surface area contributed by atoms with Crippen molar-refractivity contribution in [1.29, 1.82) is 0 Å². The van der Waals surface area contributed by atoms with Gasteiger partial charge in [-0.15, -0.1) is 0 Å². The zero-order valence-electron chi connectivity index (χ0n) is 11.7. The number of nitrogens with zero attached hydrogens (tertiary/aromatic N) is 1. The van der Waals surface area contributed by atoms with E-state index in [4.69, 9.17) is 10.5 Å². The second-order valence-corrected chi connectivity index (χ2v) is 5.16. The summed E-state index contributed by atoms with van der Waals surface area (Å²) < 4.78 is 19.1. The van der Waals surface area contributed by atoms with Gasteiger partial charge in [-0.25, -0.2) is 4.39 Å². The Morgan fingerprint density at radius 1 is 1.53 bits per heavy atom. The van der Waals surface area contributed by atoms with Gasteiger partial charge in [-0.3, -0.25) is 0 Å². The second kappa shape index (κ2) is 6.35. The largest absolute Gasteiger partial charge is 0.377 e. The van der Waals surface area contributed by atoms with E-state index in [0.717, 1.165) is 43.8 Å². The summed E-state index contributed by atoms with van der Waals surface area (Å²) in [7, 11) is 0. The molecule has 0 aromatic heterocycles. The first-order valence-corrected chi connectivity index (χ1v) is 7.03. The van der Waals surface area contributed by atoms with E-state index < -0.39 is 0 Å². The van der Waals surface area contributed by atoms with Crippen LogP contribution in [0.5, 0.6) is 0 Å². The van der Waals surface area contributed by atoms with Gasteiger partial charge >= 0.3 is 0 Å². The highest BCUT2D eigenvalue weighted by Gasteiger charge is 2.22. The van der Waals surface area contributed by atoms with Crippen molar-refractivity contribution in [3.63, 3.8) is 0 Å². The van der Waals surface area contributed by atoms with Gasteiger partial charge in [-0.1, -0.05) is 0 Å². The maximum Gasteiger partial charge on any atom is 0.123 e. The molecule has 1 unspecified atom stereocenters. The molecule has 0 radical (unpaired) electrons. The van der Waals surface area contributed by atoms with Crippen LogP contribution in [-0.4, -0.2) is 25.8 Å². The molecule has 106 valence electrons. The molecule has 1 fully saturated rings. The Bertz CT molecular complexity index is 421. The van der Waals surface area contributed by atoms with Crippen molar-refractivity contribution in [2.45, 2.75) is 38.8 Å². The SMILES string of the molecule is CCOC1CCCN(c2ccc(F)cc2[C@@H](C)N)C1. The molecule has 3 nitrogen and oxygen atoms in total. The maximum atomic E-state index is 13.4. The molecule has 1 aromatic carbocycles. The average Bonchev–Trinajstić information content (AvgIpc) is 2.39. The van der Waals surface area contributed by atoms with Crippen LogP contribution in [-0.2, 0) is 4.74 Å². The Morgan fingerprint density at radius 3 is 3.00 bits per heavy atom. The molecular formula is C15H23FN2O. The molecular weight excluding hydrogens is 243 g/mol. The highest BCUT2D eigenvalue weighted by atomic mass is 19.1. The van der Waals surface area contributed by atoms with E-state index in [9.17, 15) is 4.39 Å². The molecule has 2 N–H and O–H groups in total. The van der Waals surface area contributed by atoms with Crippen LogP contribution < -0.4 is 10.6 Å². The Morgan fingerprint density at radius 2 is 2.32 bits per heavy atom. The second-order valence-electron chi connectivity index (χ2n) is 5.16. The summed E-state index contributed by atoms with van der Waals surface area (Å²) in [5, 5.41) is 0. The Balaban J connectivity index is 2.20. The van der Waals surface area contributed by atoms with Crippen molar-refractivity contribution in [3.8, 4) is 0 Å². The van der Waals surface area contributed by atoms with Crippen molar-refractivity contribution in [2.24, 2.45) is 5.73 Å². The normalized spacial score (nSPS) is 21.5. The number of ether oxygens (including phenoxy) is 1.